The number of aromatic nitrogens is 2. The fraction of sp³-hybridized carbons (Fsp3) is 0.450. The molecule has 3 rings (SSSR count). The molecule has 180 valence electrons. The molecule has 13 heteroatoms. The van der Waals surface area contributed by atoms with E-state index in [-0.39, 0.29) is 27.8 Å². The van der Waals surface area contributed by atoms with E-state index in [1.54, 1.807) is 20.9 Å². The van der Waals surface area contributed by atoms with Gasteiger partial charge in [0.25, 0.3) is 0 Å². The van der Waals surface area contributed by atoms with E-state index in [1.807, 2.05) is 0 Å². The van der Waals surface area contributed by atoms with Crippen LogP contribution in [0.15, 0.2) is 18.3 Å². The predicted octanol–water partition coefficient (Wildman–Crippen LogP) is 5.27. The summed E-state index contributed by atoms with van der Waals surface area (Å²) >= 11 is 3.01. The van der Waals surface area contributed by atoms with Gasteiger partial charge in [-0.1, -0.05) is 0 Å². The van der Waals surface area contributed by atoms with Crippen LogP contribution in [0.1, 0.15) is 23.1 Å². The number of carbonyl (C=O) groups is 1. The third kappa shape index (κ3) is 6.03. The quantitative estimate of drug-likeness (QED) is 0.385. The number of anilines is 2. The van der Waals surface area contributed by atoms with E-state index < -0.39 is 42.2 Å². The number of alkyl halides is 6. The number of rotatable bonds is 3. The van der Waals surface area contributed by atoms with E-state index in [2.05, 4.69) is 15.3 Å². The van der Waals surface area contributed by atoms with Gasteiger partial charge in [-0.3, -0.25) is 0 Å². The van der Waals surface area contributed by atoms with Crippen LogP contribution in [0.25, 0.3) is 0 Å². The summed E-state index contributed by atoms with van der Waals surface area (Å²) in [6, 6.07) is 3.06. The molecule has 0 radical (unpaired) electrons. The minimum absolute atomic E-state index is 0.0153. The number of halogens is 7. The van der Waals surface area contributed by atoms with Crippen LogP contribution < -0.4 is 9.03 Å². The molecule has 1 aromatic carbocycles. The van der Waals surface area contributed by atoms with Gasteiger partial charge in [-0.25, -0.2) is 0 Å². The van der Waals surface area contributed by atoms with Gasteiger partial charge in [0.05, 0.1) is 0 Å². The Balaban J connectivity index is 1.93. The van der Waals surface area contributed by atoms with E-state index in [0.717, 1.165) is 11.1 Å². The number of fused-ring (bicyclic) bond motifs is 1. The van der Waals surface area contributed by atoms with Gasteiger partial charge < -0.3 is 0 Å². The first-order valence-corrected chi connectivity index (χ1v) is 20.3. The van der Waals surface area contributed by atoms with Gasteiger partial charge in [0, 0.05) is 0 Å². The standard InChI is InChI=1S/C17H12ClF6N4O.3CH3.Sn/c18-12-4-10-8-28(14(29)17(22,23)24)3-1-2-9(10)5-13(12)27-15-25-6-11(7-26-15)16(19,20)21;;;;/h4-6H,1-3,8H2,(H,25,26,27);3*1H3;. The zero-order valence-corrected chi connectivity index (χ0v) is 21.6. The fourth-order valence-electron chi connectivity index (χ4n) is 3.57. The van der Waals surface area contributed by atoms with Crippen molar-refractivity contribution in [1.82, 2.24) is 14.9 Å². The number of hydrogen-bond donors (Lipinski definition) is 1. The van der Waals surface area contributed by atoms with Crippen LogP contribution >= 0.6 is 11.6 Å². The Bertz CT molecular complexity index is 1070. The van der Waals surface area contributed by atoms with Crippen molar-refractivity contribution in [3.05, 3.63) is 40.0 Å². The molecule has 0 bridgehead atoms. The average Bonchev–Trinajstić information content (AvgIpc) is 2.87. The van der Waals surface area contributed by atoms with Gasteiger partial charge in [-0.2, -0.15) is 13.2 Å². The summed E-state index contributed by atoms with van der Waals surface area (Å²) in [5, 5.41) is 2.97. The van der Waals surface area contributed by atoms with Gasteiger partial charge in [-0.15, -0.1) is 0 Å². The third-order valence-corrected chi connectivity index (χ3v) is 10.6. The first-order valence-electron chi connectivity index (χ1n) is 9.96. The second-order valence-electron chi connectivity index (χ2n) is 8.76. The van der Waals surface area contributed by atoms with Crippen molar-refractivity contribution < 1.29 is 31.1 Å². The summed E-state index contributed by atoms with van der Waals surface area (Å²) in [7, 11) is 0. The number of aryl methyl sites for hydroxylation is 1. The molecule has 1 N–H and O–H groups in total. The monoisotopic (exact) mass is 602 g/mol. The molecule has 0 aliphatic carbocycles. The second-order valence-corrected chi connectivity index (χ2v) is 23.4. The molecule has 0 fully saturated rings. The van der Waals surface area contributed by atoms with Crippen LogP contribution in [0, 0.1) is 0 Å². The summed E-state index contributed by atoms with van der Waals surface area (Å²) in [5.74, 6) is -1.96. The first-order chi connectivity index (χ1) is 15.1. The summed E-state index contributed by atoms with van der Waals surface area (Å²) in [6.07, 6.45) is -8.06. The maximum atomic E-state index is 13.4. The zero-order valence-electron chi connectivity index (χ0n) is 18.0. The molecule has 0 unspecified atom stereocenters. The van der Waals surface area contributed by atoms with Crippen LogP contribution in [0.4, 0.5) is 38.0 Å². The van der Waals surface area contributed by atoms with Crippen molar-refractivity contribution in [1.29, 1.82) is 0 Å². The van der Waals surface area contributed by atoms with E-state index in [4.69, 9.17) is 11.6 Å². The Hall–Kier alpha value is -1.76. The molecule has 33 heavy (non-hydrogen) atoms. The SMILES string of the molecule is [CH3][Sn]([CH3])([CH3])[c]1nc(Nc2cc3c(cc2Cl)CN(C(=O)C(F)(F)F)CCC3)ncc1C(F)(F)F. The molecule has 1 aliphatic heterocycles. The summed E-state index contributed by atoms with van der Waals surface area (Å²) in [4.78, 5) is 25.8. The van der Waals surface area contributed by atoms with Crippen molar-refractivity contribution in [3.63, 3.8) is 0 Å². The van der Waals surface area contributed by atoms with Gasteiger partial charge >= 0.3 is 183 Å². The van der Waals surface area contributed by atoms with Crippen molar-refractivity contribution >= 4 is 51.2 Å². The van der Waals surface area contributed by atoms with Crippen molar-refractivity contribution in [2.45, 2.75) is 46.6 Å². The molecule has 5 nitrogen and oxygen atoms in total. The summed E-state index contributed by atoms with van der Waals surface area (Å²) in [6.45, 7) is -0.301. The van der Waals surface area contributed by atoms with Crippen LogP contribution in [0.3, 0.4) is 0 Å². The average molecular weight is 602 g/mol. The zero-order chi connectivity index (χ0) is 24.8. The molecule has 1 aromatic heterocycles. The van der Waals surface area contributed by atoms with Gasteiger partial charge in [0.15, 0.2) is 0 Å². The number of benzene rings is 1. The van der Waals surface area contributed by atoms with Crippen molar-refractivity contribution in [2.24, 2.45) is 0 Å². The summed E-state index contributed by atoms with van der Waals surface area (Å²) < 4.78 is 78.7. The molecule has 0 saturated carbocycles. The normalized spacial score (nSPS) is 15.2. The third-order valence-electron chi connectivity index (χ3n) is 5.11. The number of amides is 1. The Morgan fingerprint density at radius 2 is 1.79 bits per heavy atom. The molecule has 0 saturated heterocycles. The molecule has 1 amide bonds. The first kappa shape index (κ1) is 25.9. The Morgan fingerprint density at radius 3 is 2.36 bits per heavy atom. The van der Waals surface area contributed by atoms with Crippen molar-refractivity contribution in [3.8, 4) is 0 Å². The summed E-state index contributed by atoms with van der Waals surface area (Å²) in [5.41, 5.74) is 0.627. The Kier molecular flexibility index (Phi) is 7.15. The van der Waals surface area contributed by atoms with Crippen LogP contribution in [0.5, 0.6) is 0 Å². The number of nitrogens with zero attached hydrogens (tertiary/aromatic N) is 3. The molecule has 2 aromatic rings. The van der Waals surface area contributed by atoms with Crippen molar-refractivity contribution in [2.75, 3.05) is 11.9 Å². The van der Waals surface area contributed by atoms with Gasteiger partial charge in [-0.05, 0) is 0 Å². The van der Waals surface area contributed by atoms with Gasteiger partial charge in [0.2, 0.25) is 0 Å². The maximum absolute atomic E-state index is 13.4. The number of nitrogens with one attached hydrogen (secondary N) is 1. The molecule has 1 aliphatic rings. The van der Waals surface area contributed by atoms with Gasteiger partial charge in [0.1, 0.15) is 0 Å². The second kappa shape index (κ2) is 9.12. The minimum atomic E-state index is -4.97. The predicted molar refractivity (Wildman–Crippen MR) is 115 cm³/mol. The molecule has 0 atom stereocenters. The Morgan fingerprint density at radius 1 is 1.12 bits per heavy atom. The fourth-order valence-corrected chi connectivity index (χ4v) is 7.96. The number of hydrogen-bond acceptors (Lipinski definition) is 4. The molecular formula is C20H21ClF6N4OSn. The molecular weight excluding hydrogens is 580 g/mol. The van der Waals surface area contributed by atoms with Crippen LogP contribution in [0.2, 0.25) is 19.8 Å². The van der Waals surface area contributed by atoms with E-state index in [9.17, 15) is 31.1 Å². The van der Waals surface area contributed by atoms with Crippen LogP contribution in [-0.2, 0) is 23.9 Å². The van der Waals surface area contributed by atoms with Crippen LogP contribution in [-0.4, -0.2) is 51.9 Å². The van der Waals surface area contributed by atoms with E-state index >= 15 is 0 Å². The van der Waals surface area contributed by atoms with E-state index in [1.165, 1.54) is 6.07 Å². The molecule has 2 heterocycles. The Labute approximate surface area is 195 Å². The van der Waals surface area contributed by atoms with E-state index in [0.29, 0.717) is 29.7 Å². The number of carbonyl (C=O) groups excluding carboxylic acids is 1. The molecule has 0 spiro atoms. The topological polar surface area (TPSA) is 58.1 Å².